The van der Waals surface area contributed by atoms with E-state index in [2.05, 4.69) is 0 Å². The summed E-state index contributed by atoms with van der Waals surface area (Å²) in [6.45, 7) is 7.46. The molecule has 1 unspecified atom stereocenters. The first kappa shape index (κ1) is 15.8. The summed E-state index contributed by atoms with van der Waals surface area (Å²) in [6.07, 6.45) is 1.41. The van der Waals surface area contributed by atoms with Crippen LogP contribution in [0.4, 0.5) is 0 Å². The second-order valence-electron chi connectivity index (χ2n) is 5.44. The predicted molar refractivity (Wildman–Crippen MR) is 84.0 cm³/mol. The highest BCUT2D eigenvalue weighted by molar-refractivity contribution is 8.24. The van der Waals surface area contributed by atoms with E-state index >= 15 is 0 Å². The van der Waals surface area contributed by atoms with Gasteiger partial charge in [-0.1, -0.05) is 23.8 Å². The van der Waals surface area contributed by atoms with E-state index in [0.717, 1.165) is 21.4 Å². The van der Waals surface area contributed by atoms with Gasteiger partial charge in [0, 0.05) is 16.4 Å². The lowest BCUT2D eigenvalue weighted by atomic mass is 10.0. The molecule has 0 aliphatic carbocycles. The molecule has 0 saturated heterocycles. The molecule has 114 valence electrons. The van der Waals surface area contributed by atoms with Crippen molar-refractivity contribution in [1.29, 1.82) is 0 Å². The number of benzene rings is 1. The monoisotopic (exact) mass is 308 g/mol. The Morgan fingerprint density at radius 1 is 1.05 bits per heavy atom. The van der Waals surface area contributed by atoms with Gasteiger partial charge in [-0.05, 0) is 44.9 Å². The smallest absolute Gasteiger partial charge is 0.290 e. The third kappa shape index (κ3) is 2.90. The van der Waals surface area contributed by atoms with Crippen LogP contribution in [0.1, 0.15) is 34.4 Å². The number of rotatable bonds is 3. The van der Waals surface area contributed by atoms with E-state index in [4.69, 9.17) is 0 Å². The standard InChI is InChI=1S/C16H21NO3S/c1-11-7-8-12(2)15(10-11)14(4)21(19,20)16-13(3)6-5-9-17(16)18/h5-10,14H,1-4H3,(H2-,18,19,20)/p+1. The van der Waals surface area contributed by atoms with Gasteiger partial charge in [0.15, 0.2) is 0 Å². The van der Waals surface area contributed by atoms with Crippen LogP contribution < -0.4 is 4.73 Å². The first-order valence-electron chi connectivity index (χ1n) is 6.80. The Balaban J connectivity index is 2.55. The molecule has 0 aliphatic heterocycles. The Morgan fingerprint density at radius 3 is 2.33 bits per heavy atom. The van der Waals surface area contributed by atoms with E-state index < -0.39 is 15.8 Å². The third-order valence-electron chi connectivity index (χ3n) is 3.77. The van der Waals surface area contributed by atoms with Crippen LogP contribution in [0.15, 0.2) is 41.6 Å². The maximum Gasteiger partial charge on any atom is 0.347 e. The van der Waals surface area contributed by atoms with E-state index in [1.54, 1.807) is 26.0 Å². The van der Waals surface area contributed by atoms with Crippen molar-refractivity contribution >= 4 is 10.6 Å². The average molecular weight is 308 g/mol. The second kappa shape index (κ2) is 5.67. The van der Waals surface area contributed by atoms with E-state index in [9.17, 15) is 14.3 Å². The van der Waals surface area contributed by atoms with E-state index in [1.807, 2.05) is 32.0 Å². The SMILES string of the molecule is Cc1ccc(C)c(C(C)S(O)(O)c2c(C)ccc[n+]2O)c1. The average Bonchev–Trinajstić information content (AvgIpc) is 2.40. The first-order chi connectivity index (χ1) is 9.75. The molecule has 5 heteroatoms. The largest absolute Gasteiger partial charge is 0.347 e. The maximum atomic E-state index is 10.7. The minimum absolute atomic E-state index is 0.165. The third-order valence-corrected chi connectivity index (χ3v) is 6.09. The predicted octanol–water partition coefficient (Wildman–Crippen LogP) is 4.01. The molecule has 2 rings (SSSR count). The van der Waals surface area contributed by atoms with Gasteiger partial charge in [0.1, 0.15) is 0 Å². The molecule has 0 fully saturated rings. The number of hydrogen-bond acceptors (Lipinski definition) is 3. The van der Waals surface area contributed by atoms with Gasteiger partial charge in [0.25, 0.3) is 0 Å². The van der Waals surface area contributed by atoms with Gasteiger partial charge in [0.05, 0.1) is 5.25 Å². The molecule has 21 heavy (non-hydrogen) atoms. The Kier molecular flexibility index (Phi) is 4.27. The Morgan fingerprint density at radius 2 is 1.71 bits per heavy atom. The van der Waals surface area contributed by atoms with Gasteiger partial charge in [-0.3, -0.25) is 14.3 Å². The zero-order valence-electron chi connectivity index (χ0n) is 12.7. The van der Waals surface area contributed by atoms with Crippen molar-refractivity contribution < 1.29 is 19.0 Å². The number of pyridine rings is 1. The molecule has 3 N–H and O–H groups in total. The maximum absolute atomic E-state index is 10.7. The summed E-state index contributed by atoms with van der Waals surface area (Å²) in [5.74, 6) is 0. The van der Waals surface area contributed by atoms with Crippen molar-refractivity contribution in [2.75, 3.05) is 0 Å². The number of aromatic nitrogens is 1. The Labute approximate surface area is 127 Å². The molecule has 1 aromatic carbocycles. The molecule has 0 bridgehead atoms. The van der Waals surface area contributed by atoms with Gasteiger partial charge >= 0.3 is 5.03 Å². The summed E-state index contributed by atoms with van der Waals surface area (Å²) in [5.41, 5.74) is 3.61. The number of nitrogens with zero attached hydrogens (tertiary/aromatic N) is 1. The van der Waals surface area contributed by atoms with Crippen LogP contribution in [0, 0.1) is 20.8 Å². The highest BCUT2D eigenvalue weighted by Crippen LogP contribution is 2.59. The Bertz CT molecular complexity index is 650. The fourth-order valence-corrected chi connectivity index (χ4v) is 4.33. The number of aryl methyl sites for hydroxylation is 3. The first-order valence-corrected chi connectivity index (χ1v) is 8.41. The molecule has 1 atom stereocenters. The fraction of sp³-hybridized carbons (Fsp3) is 0.312. The van der Waals surface area contributed by atoms with Crippen molar-refractivity contribution in [2.24, 2.45) is 0 Å². The lowest BCUT2D eigenvalue weighted by molar-refractivity contribution is -0.933. The molecule has 0 saturated carbocycles. The molecule has 0 spiro atoms. The van der Waals surface area contributed by atoms with Gasteiger partial charge in [-0.25, -0.2) is 0 Å². The fourth-order valence-electron chi connectivity index (χ4n) is 2.51. The highest BCUT2D eigenvalue weighted by Gasteiger charge is 2.36. The summed E-state index contributed by atoms with van der Waals surface area (Å²) < 4.78 is 22.3. The summed E-state index contributed by atoms with van der Waals surface area (Å²) in [6, 6.07) is 9.36. The van der Waals surface area contributed by atoms with Crippen molar-refractivity contribution in [3.05, 3.63) is 58.8 Å². The van der Waals surface area contributed by atoms with Crippen LogP contribution in [-0.2, 0) is 0 Å². The quantitative estimate of drug-likeness (QED) is 0.593. The van der Waals surface area contributed by atoms with Gasteiger partial charge in [0.2, 0.25) is 6.20 Å². The molecule has 0 amide bonds. The lowest BCUT2D eigenvalue weighted by Gasteiger charge is -2.35. The molecular formula is C16H22NO3S+. The van der Waals surface area contributed by atoms with E-state index in [1.165, 1.54) is 6.20 Å². The Hall–Kier alpha value is -1.56. The van der Waals surface area contributed by atoms with E-state index in [0.29, 0.717) is 5.56 Å². The van der Waals surface area contributed by atoms with Gasteiger partial charge < -0.3 is 0 Å². The van der Waals surface area contributed by atoms with Crippen LogP contribution in [-0.4, -0.2) is 14.3 Å². The van der Waals surface area contributed by atoms with Crippen LogP contribution in [0.25, 0.3) is 0 Å². The summed E-state index contributed by atoms with van der Waals surface area (Å²) in [4.78, 5) is 0. The van der Waals surface area contributed by atoms with Crippen LogP contribution >= 0.6 is 10.6 Å². The van der Waals surface area contributed by atoms with Crippen LogP contribution in [0.5, 0.6) is 0 Å². The van der Waals surface area contributed by atoms with Crippen molar-refractivity contribution in [2.45, 2.75) is 38.0 Å². The van der Waals surface area contributed by atoms with Crippen molar-refractivity contribution in [3.8, 4) is 0 Å². The van der Waals surface area contributed by atoms with Gasteiger partial charge in [-0.2, -0.15) is 0 Å². The normalized spacial score (nSPS) is 14.0. The molecule has 4 nitrogen and oxygen atoms in total. The molecule has 2 aromatic rings. The van der Waals surface area contributed by atoms with E-state index in [-0.39, 0.29) is 5.03 Å². The molecule has 0 radical (unpaired) electrons. The lowest BCUT2D eigenvalue weighted by Crippen LogP contribution is -2.37. The minimum Gasteiger partial charge on any atom is -0.290 e. The number of hydrogen-bond donors (Lipinski definition) is 3. The highest BCUT2D eigenvalue weighted by atomic mass is 32.3. The second-order valence-corrected chi connectivity index (χ2v) is 7.72. The minimum atomic E-state index is -3.18. The van der Waals surface area contributed by atoms with Crippen LogP contribution in [0.3, 0.4) is 0 Å². The zero-order chi connectivity index (χ0) is 15.8. The summed E-state index contributed by atoms with van der Waals surface area (Å²) >= 11 is 0. The molecular weight excluding hydrogens is 286 g/mol. The zero-order valence-corrected chi connectivity index (χ0v) is 13.6. The van der Waals surface area contributed by atoms with Crippen LogP contribution in [0.2, 0.25) is 0 Å². The van der Waals surface area contributed by atoms with Crippen molar-refractivity contribution in [1.82, 2.24) is 0 Å². The summed E-state index contributed by atoms with van der Waals surface area (Å²) in [7, 11) is -3.18. The van der Waals surface area contributed by atoms with Crippen molar-refractivity contribution in [3.63, 3.8) is 0 Å². The molecule has 1 heterocycles. The molecule has 1 aromatic heterocycles. The van der Waals surface area contributed by atoms with Gasteiger partial charge in [-0.15, -0.1) is 10.6 Å². The summed E-state index contributed by atoms with van der Waals surface area (Å²) in [5, 5.41) is 9.63. The topological polar surface area (TPSA) is 64.6 Å². The molecule has 0 aliphatic rings.